The van der Waals surface area contributed by atoms with E-state index in [0.717, 1.165) is 10.2 Å². The van der Waals surface area contributed by atoms with E-state index in [9.17, 15) is 0 Å². The van der Waals surface area contributed by atoms with E-state index >= 15 is 0 Å². The van der Waals surface area contributed by atoms with Crippen molar-refractivity contribution in [3.05, 3.63) is 16.4 Å². The van der Waals surface area contributed by atoms with Crippen molar-refractivity contribution in [2.75, 3.05) is 6.61 Å². The van der Waals surface area contributed by atoms with E-state index in [0.29, 0.717) is 0 Å². The van der Waals surface area contributed by atoms with E-state index in [4.69, 9.17) is 10.8 Å². The lowest BCUT2D eigenvalue weighted by Gasteiger charge is -2.03. The summed E-state index contributed by atoms with van der Waals surface area (Å²) in [6, 6.07) is -0.378. The Bertz CT molecular complexity index is 212. The molecule has 4 N–H and O–H groups in total. The van der Waals surface area contributed by atoms with Crippen LogP contribution in [0.2, 0.25) is 0 Å². The van der Waals surface area contributed by atoms with Gasteiger partial charge < -0.3 is 10.8 Å². The van der Waals surface area contributed by atoms with Crippen molar-refractivity contribution in [1.82, 2.24) is 10.2 Å². The quantitative estimate of drug-likeness (QED) is 0.645. The molecule has 1 rings (SSSR count). The molecule has 0 fully saturated rings. The minimum Gasteiger partial charge on any atom is -0.394 e. The number of hydrogen-bond donors (Lipinski definition) is 3. The Kier molecular flexibility index (Phi) is 2.42. The fraction of sp³-hybridized carbons (Fsp3) is 0.400. The number of rotatable bonds is 2. The molecule has 1 heterocycles. The second-order valence-electron chi connectivity index (χ2n) is 1.92. The fourth-order valence-corrected chi connectivity index (χ4v) is 1.12. The molecule has 5 heteroatoms. The van der Waals surface area contributed by atoms with Crippen LogP contribution in [-0.2, 0) is 0 Å². The summed E-state index contributed by atoms with van der Waals surface area (Å²) < 4.78 is 0.800. The summed E-state index contributed by atoms with van der Waals surface area (Å²) in [7, 11) is 0. The Morgan fingerprint density at radius 2 is 2.60 bits per heavy atom. The van der Waals surface area contributed by atoms with Crippen LogP contribution < -0.4 is 5.73 Å². The van der Waals surface area contributed by atoms with Crippen molar-refractivity contribution < 1.29 is 5.11 Å². The molecule has 0 unspecified atom stereocenters. The average molecular weight is 206 g/mol. The zero-order valence-corrected chi connectivity index (χ0v) is 6.80. The number of aliphatic hydroxyl groups excluding tert-OH is 1. The number of H-pyrrole nitrogens is 1. The van der Waals surface area contributed by atoms with Gasteiger partial charge >= 0.3 is 0 Å². The van der Waals surface area contributed by atoms with Crippen LogP contribution in [0.3, 0.4) is 0 Å². The highest BCUT2D eigenvalue weighted by Crippen LogP contribution is 2.17. The Balaban J connectivity index is 2.82. The number of halogens is 1. The lowest BCUT2D eigenvalue weighted by Crippen LogP contribution is -2.15. The molecule has 0 saturated heterocycles. The summed E-state index contributed by atoms with van der Waals surface area (Å²) in [4.78, 5) is 0. The van der Waals surface area contributed by atoms with Gasteiger partial charge in [0.1, 0.15) is 0 Å². The largest absolute Gasteiger partial charge is 0.394 e. The number of hydrogen-bond acceptors (Lipinski definition) is 3. The van der Waals surface area contributed by atoms with Gasteiger partial charge in [0.2, 0.25) is 0 Å². The van der Waals surface area contributed by atoms with Gasteiger partial charge in [-0.05, 0) is 15.9 Å². The van der Waals surface area contributed by atoms with Crippen LogP contribution >= 0.6 is 15.9 Å². The van der Waals surface area contributed by atoms with E-state index < -0.39 is 0 Å². The molecule has 10 heavy (non-hydrogen) atoms. The van der Waals surface area contributed by atoms with Crippen molar-refractivity contribution in [2.24, 2.45) is 5.73 Å². The van der Waals surface area contributed by atoms with Crippen LogP contribution in [0.4, 0.5) is 0 Å². The highest BCUT2D eigenvalue weighted by molar-refractivity contribution is 9.10. The summed E-state index contributed by atoms with van der Waals surface area (Å²) >= 11 is 3.22. The number of nitrogens with two attached hydrogens (primary N) is 1. The molecule has 0 aliphatic rings. The van der Waals surface area contributed by atoms with E-state index in [2.05, 4.69) is 26.1 Å². The van der Waals surface area contributed by atoms with Crippen LogP contribution in [0.15, 0.2) is 10.7 Å². The van der Waals surface area contributed by atoms with E-state index in [-0.39, 0.29) is 12.6 Å². The van der Waals surface area contributed by atoms with Gasteiger partial charge in [-0.15, -0.1) is 0 Å². The number of nitrogens with zero attached hydrogens (tertiary/aromatic N) is 1. The smallest absolute Gasteiger partial charge is 0.0710 e. The monoisotopic (exact) mass is 205 g/mol. The van der Waals surface area contributed by atoms with E-state index in [1.54, 1.807) is 6.20 Å². The second kappa shape index (κ2) is 3.14. The maximum atomic E-state index is 8.64. The zero-order valence-electron chi connectivity index (χ0n) is 5.21. The number of aromatic nitrogens is 2. The van der Waals surface area contributed by atoms with Crippen LogP contribution in [0.1, 0.15) is 11.7 Å². The van der Waals surface area contributed by atoms with E-state index in [1.807, 2.05) is 0 Å². The summed E-state index contributed by atoms with van der Waals surface area (Å²) in [5, 5.41) is 15.0. The molecule has 56 valence electrons. The third kappa shape index (κ3) is 1.36. The molecule has 0 aliphatic heterocycles. The van der Waals surface area contributed by atoms with Crippen LogP contribution in [0, 0.1) is 0 Å². The first kappa shape index (κ1) is 7.71. The third-order valence-electron chi connectivity index (χ3n) is 1.19. The molecule has 1 atom stereocenters. The Morgan fingerprint density at radius 3 is 3.00 bits per heavy atom. The van der Waals surface area contributed by atoms with Gasteiger partial charge in [0.25, 0.3) is 0 Å². The topological polar surface area (TPSA) is 74.9 Å². The van der Waals surface area contributed by atoms with Crippen molar-refractivity contribution in [3.63, 3.8) is 0 Å². The van der Waals surface area contributed by atoms with Gasteiger partial charge in [0.15, 0.2) is 0 Å². The van der Waals surface area contributed by atoms with Gasteiger partial charge in [-0.3, -0.25) is 5.10 Å². The van der Waals surface area contributed by atoms with Gasteiger partial charge in [0, 0.05) is 0 Å². The molecular weight excluding hydrogens is 198 g/mol. The molecule has 1 aromatic rings. The normalized spacial score (nSPS) is 13.5. The highest BCUT2D eigenvalue weighted by atomic mass is 79.9. The van der Waals surface area contributed by atoms with Crippen LogP contribution in [0.5, 0.6) is 0 Å². The number of aromatic amines is 1. The van der Waals surface area contributed by atoms with Crippen LogP contribution in [0.25, 0.3) is 0 Å². The lowest BCUT2D eigenvalue weighted by atomic mass is 10.2. The predicted molar refractivity (Wildman–Crippen MR) is 40.3 cm³/mol. The lowest BCUT2D eigenvalue weighted by molar-refractivity contribution is 0.265. The summed E-state index contributed by atoms with van der Waals surface area (Å²) in [6.45, 7) is -0.0825. The number of aliphatic hydroxyl groups is 1. The van der Waals surface area contributed by atoms with Gasteiger partial charge in [-0.1, -0.05) is 0 Å². The van der Waals surface area contributed by atoms with Crippen molar-refractivity contribution in [2.45, 2.75) is 6.04 Å². The minimum atomic E-state index is -0.378. The first-order chi connectivity index (χ1) is 4.75. The molecule has 0 amide bonds. The molecule has 1 aromatic heterocycles. The summed E-state index contributed by atoms with van der Waals surface area (Å²) in [6.07, 6.45) is 1.60. The second-order valence-corrected chi connectivity index (χ2v) is 2.78. The fourth-order valence-electron chi connectivity index (χ4n) is 0.633. The van der Waals surface area contributed by atoms with Crippen molar-refractivity contribution in [3.8, 4) is 0 Å². The van der Waals surface area contributed by atoms with Crippen molar-refractivity contribution in [1.29, 1.82) is 0 Å². The molecular formula is C5H8BrN3O. The van der Waals surface area contributed by atoms with Gasteiger partial charge in [-0.2, -0.15) is 5.10 Å². The molecule has 0 radical (unpaired) electrons. The third-order valence-corrected chi connectivity index (χ3v) is 1.82. The maximum absolute atomic E-state index is 8.64. The number of nitrogens with one attached hydrogen (secondary N) is 1. The molecule has 0 aromatic carbocycles. The highest BCUT2D eigenvalue weighted by Gasteiger charge is 2.09. The maximum Gasteiger partial charge on any atom is 0.0710 e. The first-order valence-electron chi connectivity index (χ1n) is 2.81. The predicted octanol–water partition coefficient (Wildman–Crippen LogP) is 0.164. The average Bonchev–Trinajstić information content (AvgIpc) is 2.34. The molecule has 4 nitrogen and oxygen atoms in total. The first-order valence-corrected chi connectivity index (χ1v) is 3.60. The standard InChI is InChI=1S/C5H8BrN3O/c6-3-1-8-9-5(3)4(7)2-10/h1,4,10H,2,7H2,(H,8,9)/t4-/m1/s1. The van der Waals surface area contributed by atoms with Crippen LogP contribution in [-0.4, -0.2) is 21.9 Å². The molecule has 0 saturated carbocycles. The Hall–Kier alpha value is -0.390. The van der Waals surface area contributed by atoms with Gasteiger partial charge in [-0.25, -0.2) is 0 Å². The zero-order chi connectivity index (χ0) is 7.56. The molecule has 0 bridgehead atoms. The SMILES string of the molecule is N[C@H](CO)c1[nH]ncc1Br. The Morgan fingerprint density at radius 1 is 1.90 bits per heavy atom. The van der Waals surface area contributed by atoms with Gasteiger partial charge in [0.05, 0.1) is 29.0 Å². The molecule has 0 aliphatic carbocycles. The van der Waals surface area contributed by atoms with E-state index in [1.165, 1.54) is 0 Å². The van der Waals surface area contributed by atoms with Crippen molar-refractivity contribution >= 4 is 15.9 Å². The summed E-state index contributed by atoms with van der Waals surface area (Å²) in [5.74, 6) is 0. The molecule has 0 spiro atoms. The minimum absolute atomic E-state index is 0.0825. The Labute approximate surface area is 66.6 Å². The summed E-state index contributed by atoms with van der Waals surface area (Å²) in [5.41, 5.74) is 6.21.